The molecule has 0 saturated carbocycles. The molecule has 5 N–H and O–H groups in total. The van der Waals surface area contributed by atoms with E-state index in [4.69, 9.17) is 65.4 Å². The number of carbonyl (C=O) groups excluding carboxylic acids is 4. The van der Waals surface area contributed by atoms with E-state index >= 15 is 0 Å². The molecule has 17 aromatic carbocycles. The number of aromatic hydroxyl groups is 2. The predicted octanol–water partition coefficient (Wildman–Crippen LogP) is 26.1. The van der Waals surface area contributed by atoms with Crippen molar-refractivity contribution in [2.75, 3.05) is 32.7 Å². The maximum Gasteiger partial charge on any atom is 0.338 e. The molecule has 1 aromatic heterocycles. The Hall–Kier alpha value is -17.3. The molecule has 0 aliphatic carbocycles. The van der Waals surface area contributed by atoms with E-state index in [9.17, 15) is 38.7 Å². The number of hydrogen-bond acceptors (Lipinski definition) is 19. The summed E-state index contributed by atoms with van der Waals surface area (Å²) in [5.41, 5.74) is 11.8. The summed E-state index contributed by atoms with van der Waals surface area (Å²) in [6.45, 7) is 8.80. The van der Waals surface area contributed by atoms with Gasteiger partial charge in [-0.3, -0.25) is 28.5 Å². The minimum absolute atomic E-state index is 0.107. The lowest BCUT2D eigenvalue weighted by molar-refractivity contribution is -0.133. The number of fused-ring (bicyclic) bond motifs is 6. The number of primary amides is 1. The van der Waals surface area contributed by atoms with Gasteiger partial charge in [-0.05, 0) is 293 Å². The van der Waals surface area contributed by atoms with Crippen LogP contribution in [0.4, 0.5) is 0 Å². The van der Waals surface area contributed by atoms with Crippen LogP contribution >= 0.6 is 63.7 Å². The zero-order valence-electron chi connectivity index (χ0n) is 78.3. The van der Waals surface area contributed by atoms with Gasteiger partial charge in [0.15, 0.2) is 51.8 Å². The van der Waals surface area contributed by atoms with Crippen molar-refractivity contribution in [1.29, 1.82) is 21.0 Å². The molecule has 0 radical (unpaired) electrons. The number of aromatic carboxylic acids is 1. The number of methoxy groups -OCH3 is 2. The summed E-state index contributed by atoms with van der Waals surface area (Å²) in [4.78, 5) is 82.4. The number of rotatable bonds is 17. The van der Waals surface area contributed by atoms with E-state index in [0.717, 1.165) is 106 Å². The van der Waals surface area contributed by atoms with Crippen LogP contribution in [0.1, 0.15) is 82.0 Å². The number of nitrogens with zero attached hydrogens (tertiary/aromatic N) is 7. The highest BCUT2D eigenvalue weighted by molar-refractivity contribution is 9.11. The van der Waals surface area contributed by atoms with E-state index in [1.54, 1.807) is 104 Å². The number of benzene rings is 17. The zero-order chi connectivity index (χ0) is 103. The van der Waals surface area contributed by atoms with Gasteiger partial charge >= 0.3 is 11.7 Å². The average molecular weight is 2170 g/mol. The zero-order valence-corrected chi connectivity index (χ0v) is 84.7. The van der Waals surface area contributed by atoms with E-state index in [2.05, 4.69) is 88.0 Å². The van der Waals surface area contributed by atoms with Crippen LogP contribution in [0.25, 0.3) is 64.6 Å². The average Bonchev–Trinajstić information content (AvgIpc) is 0.801. The quantitative estimate of drug-likeness (QED) is 0.0486. The summed E-state index contributed by atoms with van der Waals surface area (Å²) in [7, 11) is 3.17. The van der Waals surface area contributed by atoms with Gasteiger partial charge in [0.2, 0.25) is 11.8 Å². The van der Waals surface area contributed by atoms with Crippen molar-refractivity contribution in [3.63, 3.8) is 0 Å². The van der Waals surface area contributed by atoms with Gasteiger partial charge in [0.1, 0.15) is 23.9 Å². The molecule has 1 aliphatic heterocycles. The lowest BCUT2D eigenvalue weighted by atomic mass is 10.1. The number of nitriles is 4. The summed E-state index contributed by atoms with van der Waals surface area (Å²) >= 11 is 13.5. The Bertz CT molecular complexity index is 8110. The maximum atomic E-state index is 12.2. The number of allylic oxidation sites excluding steroid dienone is 1. The molecule has 0 fully saturated rings. The van der Waals surface area contributed by atoms with E-state index in [1.807, 2.05) is 252 Å². The number of carboxylic acids is 1. The number of ether oxygens (including phenoxy) is 6. The molecule has 18 aromatic rings. The van der Waals surface area contributed by atoms with Crippen molar-refractivity contribution in [3.8, 4) is 87.5 Å². The lowest BCUT2D eigenvalue weighted by Crippen LogP contribution is -2.43. The Morgan fingerprint density at radius 3 is 1.22 bits per heavy atom. The fraction of sp³-hybridized carbons (Fsp3) is 0.0948. The number of phenolic OH excluding ortho intramolecular Hbond substituents is 2. The first kappa shape index (κ1) is 106. The number of amides is 2. The Kier molecular flexibility index (Phi) is 37.5. The minimum atomic E-state index is -0.896. The molecular weight excluding hydrogens is 2080 g/mol. The fourth-order valence-corrected chi connectivity index (χ4v) is 16.5. The number of halogens is 4. The summed E-state index contributed by atoms with van der Waals surface area (Å²) < 4.78 is 39.3. The molecule has 2 heterocycles. The third-order valence-corrected chi connectivity index (χ3v) is 24.3. The van der Waals surface area contributed by atoms with Crippen molar-refractivity contribution < 1.29 is 67.7 Å². The van der Waals surface area contributed by atoms with Crippen LogP contribution in [0.3, 0.4) is 0 Å². The van der Waals surface area contributed by atoms with Gasteiger partial charge in [-0.1, -0.05) is 197 Å². The maximum absolute atomic E-state index is 12.2. The molecule has 0 spiro atoms. The van der Waals surface area contributed by atoms with Gasteiger partial charge in [0.05, 0.1) is 79.3 Å². The Labute approximate surface area is 862 Å². The second-order valence-corrected chi connectivity index (χ2v) is 35.4. The first-order chi connectivity index (χ1) is 69.5. The molecule has 28 heteroatoms. The number of carboxylic acid groups (broad SMARTS) is 1. The summed E-state index contributed by atoms with van der Waals surface area (Å²) in [5, 5.41) is 76.0. The van der Waals surface area contributed by atoms with Crippen LogP contribution in [0.5, 0.6) is 63.2 Å². The highest BCUT2D eigenvalue weighted by Crippen LogP contribution is 2.41. The number of alkyl halides is 1. The Morgan fingerprint density at radius 2 is 0.785 bits per heavy atom. The molecule has 718 valence electrons. The van der Waals surface area contributed by atoms with Crippen molar-refractivity contribution in [2.24, 2.45) is 5.73 Å². The summed E-state index contributed by atoms with van der Waals surface area (Å²) in [6, 6.07) is 107. The molecule has 0 unspecified atom stereocenters. The van der Waals surface area contributed by atoms with E-state index in [0.29, 0.717) is 108 Å². The molecule has 0 saturated heterocycles. The van der Waals surface area contributed by atoms with E-state index < -0.39 is 29.0 Å². The van der Waals surface area contributed by atoms with Gasteiger partial charge in [-0.25, -0.2) is 9.59 Å². The third-order valence-electron chi connectivity index (χ3n) is 21.9. The molecule has 2 amide bonds. The lowest BCUT2D eigenvalue weighted by Gasteiger charge is -2.21. The molecule has 0 bridgehead atoms. The smallest absolute Gasteiger partial charge is 0.338 e. The topological polar surface area (TPSA) is 370 Å². The van der Waals surface area contributed by atoms with Gasteiger partial charge in [-0.2, -0.15) is 25.6 Å². The monoisotopic (exact) mass is 2170 g/mol. The number of hydrogen-bond donors (Lipinski definition) is 4. The van der Waals surface area contributed by atoms with Crippen LogP contribution < -0.4 is 45.4 Å². The highest BCUT2D eigenvalue weighted by atomic mass is 79.9. The summed E-state index contributed by atoms with van der Waals surface area (Å²) in [6.07, 6.45) is 4.18. The molecule has 0 atom stereocenters. The molecule has 1 aliphatic rings. The first-order valence-electron chi connectivity index (χ1n) is 44.3. The predicted molar refractivity (Wildman–Crippen MR) is 573 cm³/mol. The van der Waals surface area contributed by atoms with Gasteiger partial charge in [-0.15, -0.1) is 0 Å². The second kappa shape index (κ2) is 51.1. The first-order valence-corrected chi connectivity index (χ1v) is 47.8. The number of aryl methyl sites for hydroxylation is 5. The molecule has 24 nitrogen and oxygen atoms in total. The van der Waals surface area contributed by atoms with Crippen LogP contribution in [0.2, 0.25) is 0 Å². The summed E-state index contributed by atoms with van der Waals surface area (Å²) in [5.74, 6) is 3.45. The number of ketones is 1. The standard InChI is InChI=1S/C25H20N2O4.C19H15NO2.C18H13NO2.C13H11BrN2O3.C11H8BrNO.C11H6BrN.C11H7BrO2.C8H10O2/c1-17-5-8-23(24(13-17)30-12-11-27-10-9-20(28)15-25(27)29)31-22-4-2-3-19-14-18(16-26)6-7-21(19)22;1-13-6-9-18(19(10-13)21-2)22-17-5-3-4-15-11-14(12-20)7-8-16(15)17;1-12-5-8-18(16(20)9-12)21-17-4-2-3-14-10-13(11-19)6-7-15(14)17;14-7-9-15-8-6-11(17)16(13(15)19)12(18)10-4-2-1-3-5-10;12-10-3-1-2-7-6-8(11(13)14)4-5-9(7)10;12-11-3-1-2-9-6-8(7-13)4-5-10(9)11;12-10-3-1-2-7-6-8(11(13)14)4-5-9(7)10;1-6-3-4-7(9)8(5-6)10-2/h2-10,13-14H,11-12,15H2,1H3;3-11H,1-2H3;2-10,20H,1H3;1-6,8H,7,9H2;1-6H,(H2,13,14);1-6H;1-6H,(H,13,14);3-5,9H,1-2H3. The van der Waals surface area contributed by atoms with Crippen molar-refractivity contribution in [3.05, 3.63) is 442 Å². The normalized spacial score (nSPS) is 10.9. The van der Waals surface area contributed by atoms with Crippen molar-refractivity contribution >= 4 is 158 Å². The van der Waals surface area contributed by atoms with Crippen molar-refractivity contribution in [1.82, 2.24) is 14.0 Å². The molecular formula is C116H90Br4N8O16. The SMILES string of the molecule is COc1cc(C)ccc1O.COc1cc(C)ccc1Oc1cccc2cc(C#N)ccc12.Cc1ccc(Oc2cccc3cc(C#N)ccc23)c(O)c1.Cc1ccc(Oc2cccc3cc(C#N)ccc23)c(OCCN2C=CC(=O)CC2=O)c1.N#Cc1ccc2c(Br)cccc2c1.NC(=O)c1ccc2c(Br)cccc2c1.O=C(O)c1ccc2c(Br)cccc2c1.O=C(c1ccccc1)n1c(=O)ccn(CCBr)c1=O. The van der Waals surface area contributed by atoms with Gasteiger partial charge < -0.3 is 54.4 Å². The Morgan fingerprint density at radius 1 is 0.389 bits per heavy atom. The Balaban J connectivity index is 0.000000150. The minimum Gasteiger partial charge on any atom is -0.504 e. The molecule has 144 heavy (non-hydrogen) atoms. The number of nitrogens with two attached hydrogens (primary N) is 1. The van der Waals surface area contributed by atoms with Crippen LogP contribution in [0, 0.1) is 73.0 Å². The fourth-order valence-electron chi connectivity index (χ4n) is 14.5. The van der Waals surface area contributed by atoms with Gasteiger partial charge in [0.25, 0.3) is 11.5 Å². The number of phenols is 2. The number of carbonyl (C=O) groups is 5. The van der Waals surface area contributed by atoms with Crippen molar-refractivity contribution in [2.45, 2.75) is 40.7 Å². The highest BCUT2D eigenvalue weighted by Gasteiger charge is 2.22. The third kappa shape index (κ3) is 28.3. The van der Waals surface area contributed by atoms with E-state index in [-0.39, 0.29) is 36.2 Å². The van der Waals surface area contributed by atoms with E-state index in [1.165, 1.54) is 41.1 Å². The van der Waals surface area contributed by atoms with Gasteiger partial charge in [0, 0.05) is 71.0 Å². The largest absolute Gasteiger partial charge is 0.504 e. The van der Waals surface area contributed by atoms with Crippen LogP contribution in [-0.4, -0.2) is 91.5 Å². The molecule has 19 rings (SSSR count). The van der Waals surface area contributed by atoms with Crippen LogP contribution in [0.15, 0.2) is 369 Å². The number of aromatic nitrogens is 2. The second-order valence-electron chi connectivity index (χ2n) is 32.0. The van der Waals surface area contributed by atoms with Crippen LogP contribution in [-0.2, 0) is 16.1 Å².